The van der Waals surface area contributed by atoms with Gasteiger partial charge in [0.15, 0.2) is 12.4 Å². The molecule has 4 atom stereocenters. The molecular formula is C20H36O8. The van der Waals surface area contributed by atoms with Gasteiger partial charge in [-0.1, -0.05) is 71.1 Å². The maximum absolute atomic E-state index is 11.6. The largest absolute Gasteiger partial charge is 0.391 e. The fourth-order valence-corrected chi connectivity index (χ4v) is 2.77. The Morgan fingerprint density at radius 3 is 1.71 bits per heavy atom. The van der Waals surface area contributed by atoms with E-state index in [4.69, 9.17) is 5.11 Å². The van der Waals surface area contributed by atoms with E-state index in [0.29, 0.717) is 6.42 Å². The highest BCUT2D eigenvalue weighted by molar-refractivity contribution is 5.88. The normalized spacial score (nSPS) is 15.5. The quantitative estimate of drug-likeness (QED) is 0.123. The lowest BCUT2D eigenvalue weighted by molar-refractivity contribution is -0.176. The third-order valence-corrected chi connectivity index (χ3v) is 4.60. The van der Waals surface area contributed by atoms with E-state index in [2.05, 4.69) is 11.7 Å². The van der Waals surface area contributed by atoms with Gasteiger partial charge in [0.1, 0.15) is 18.3 Å². The number of ether oxygens (including phenoxy) is 1. The number of aldehydes is 1. The predicted molar refractivity (Wildman–Crippen MR) is 102 cm³/mol. The second kappa shape index (κ2) is 16.6. The molecule has 0 spiro atoms. The molecule has 0 unspecified atom stereocenters. The molecule has 0 aromatic rings. The Kier molecular flexibility index (Phi) is 15.8. The van der Waals surface area contributed by atoms with Crippen molar-refractivity contribution in [3.05, 3.63) is 0 Å². The Balaban J connectivity index is 3.80. The standard InChI is InChI=1S/C20H36O8/c1-2-3-4-5-6-7-8-9-10-11-12-13-16(23)28-20(27)19(26)18(25)17(24)15(22)14-21/h14-15,17-19,22,24-26H,2-13H2,1H3/t15-,17+,18-,19-/m0/s1. The zero-order valence-corrected chi connectivity index (χ0v) is 16.8. The number of hydrogen-bond acceptors (Lipinski definition) is 8. The third-order valence-electron chi connectivity index (χ3n) is 4.60. The van der Waals surface area contributed by atoms with Crippen LogP contribution in [0.1, 0.15) is 84.0 Å². The van der Waals surface area contributed by atoms with Crippen molar-refractivity contribution in [2.24, 2.45) is 0 Å². The first-order valence-corrected chi connectivity index (χ1v) is 10.3. The molecule has 0 aliphatic carbocycles. The number of rotatable bonds is 17. The van der Waals surface area contributed by atoms with E-state index in [1.807, 2.05) is 0 Å². The van der Waals surface area contributed by atoms with Crippen molar-refractivity contribution in [2.45, 2.75) is 108 Å². The minimum absolute atomic E-state index is 0.00505. The highest BCUT2D eigenvalue weighted by Gasteiger charge is 2.36. The fourth-order valence-electron chi connectivity index (χ4n) is 2.77. The van der Waals surface area contributed by atoms with Gasteiger partial charge in [0, 0.05) is 6.42 Å². The van der Waals surface area contributed by atoms with Crippen molar-refractivity contribution in [1.29, 1.82) is 0 Å². The van der Waals surface area contributed by atoms with Crippen LogP contribution in [-0.2, 0) is 19.1 Å². The molecule has 0 heterocycles. The summed E-state index contributed by atoms with van der Waals surface area (Å²) in [4.78, 5) is 33.5. The number of carbonyl (C=O) groups is 3. The predicted octanol–water partition coefficient (Wildman–Crippen LogP) is 1.40. The summed E-state index contributed by atoms with van der Waals surface area (Å²) in [5.41, 5.74) is 0. The summed E-state index contributed by atoms with van der Waals surface area (Å²) in [7, 11) is 0. The van der Waals surface area contributed by atoms with Crippen LogP contribution in [0.4, 0.5) is 0 Å². The second-order valence-electron chi connectivity index (χ2n) is 7.13. The number of esters is 2. The molecule has 0 rings (SSSR count). The summed E-state index contributed by atoms with van der Waals surface area (Å²) in [5, 5.41) is 37.5. The Morgan fingerprint density at radius 2 is 1.25 bits per heavy atom. The Hall–Kier alpha value is -1.35. The van der Waals surface area contributed by atoms with Crippen LogP contribution in [0.5, 0.6) is 0 Å². The number of aliphatic hydroxyl groups excluding tert-OH is 4. The van der Waals surface area contributed by atoms with E-state index in [-0.39, 0.29) is 12.7 Å². The molecule has 0 amide bonds. The van der Waals surface area contributed by atoms with Crippen molar-refractivity contribution in [3.8, 4) is 0 Å². The van der Waals surface area contributed by atoms with Crippen LogP contribution in [0.2, 0.25) is 0 Å². The number of carbonyl (C=O) groups excluding carboxylic acids is 3. The molecule has 0 aliphatic rings. The lowest BCUT2D eigenvalue weighted by atomic mass is 10.0. The van der Waals surface area contributed by atoms with Gasteiger partial charge in [0.2, 0.25) is 0 Å². The molecule has 0 aliphatic heterocycles. The minimum Gasteiger partial charge on any atom is -0.391 e. The summed E-state index contributed by atoms with van der Waals surface area (Å²) >= 11 is 0. The Bertz CT molecular complexity index is 440. The van der Waals surface area contributed by atoms with Crippen molar-refractivity contribution < 1.29 is 39.5 Å². The fraction of sp³-hybridized carbons (Fsp3) is 0.850. The molecule has 8 nitrogen and oxygen atoms in total. The van der Waals surface area contributed by atoms with Crippen LogP contribution in [0.3, 0.4) is 0 Å². The Morgan fingerprint density at radius 1 is 0.786 bits per heavy atom. The van der Waals surface area contributed by atoms with E-state index in [0.717, 1.165) is 19.3 Å². The van der Waals surface area contributed by atoms with Gasteiger partial charge in [0.25, 0.3) is 0 Å². The van der Waals surface area contributed by atoms with Gasteiger partial charge in [-0.05, 0) is 6.42 Å². The average Bonchev–Trinajstić information content (AvgIpc) is 2.69. The topological polar surface area (TPSA) is 141 Å². The van der Waals surface area contributed by atoms with Gasteiger partial charge in [-0.15, -0.1) is 0 Å². The van der Waals surface area contributed by atoms with Crippen LogP contribution in [0, 0.1) is 0 Å². The van der Waals surface area contributed by atoms with Crippen molar-refractivity contribution in [1.82, 2.24) is 0 Å². The molecule has 0 saturated carbocycles. The van der Waals surface area contributed by atoms with Crippen molar-refractivity contribution >= 4 is 18.2 Å². The highest BCUT2D eigenvalue weighted by Crippen LogP contribution is 2.12. The van der Waals surface area contributed by atoms with Gasteiger partial charge in [-0.3, -0.25) is 4.79 Å². The first kappa shape index (κ1) is 26.6. The molecule has 0 fully saturated rings. The molecule has 0 bridgehead atoms. The van der Waals surface area contributed by atoms with E-state index >= 15 is 0 Å². The minimum atomic E-state index is -2.24. The molecule has 8 heteroatoms. The maximum atomic E-state index is 11.6. The summed E-state index contributed by atoms with van der Waals surface area (Å²) in [6.07, 6.45) is 3.81. The van der Waals surface area contributed by atoms with E-state index in [9.17, 15) is 29.7 Å². The molecule has 0 aromatic carbocycles. The molecule has 0 saturated heterocycles. The lowest BCUT2D eigenvalue weighted by Crippen LogP contribution is -2.48. The van der Waals surface area contributed by atoms with E-state index < -0.39 is 36.4 Å². The van der Waals surface area contributed by atoms with Gasteiger partial charge in [-0.2, -0.15) is 0 Å². The summed E-state index contributed by atoms with van der Waals surface area (Å²) in [6.45, 7) is 2.20. The molecular weight excluding hydrogens is 368 g/mol. The van der Waals surface area contributed by atoms with Crippen molar-refractivity contribution in [3.63, 3.8) is 0 Å². The average molecular weight is 404 g/mol. The zero-order chi connectivity index (χ0) is 21.4. The molecule has 164 valence electrons. The van der Waals surface area contributed by atoms with Gasteiger partial charge >= 0.3 is 11.9 Å². The first-order chi connectivity index (χ1) is 13.3. The number of aliphatic hydroxyl groups is 4. The lowest BCUT2D eigenvalue weighted by Gasteiger charge is -2.22. The Labute approximate surface area is 166 Å². The van der Waals surface area contributed by atoms with Crippen LogP contribution in [-0.4, -0.2) is 63.1 Å². The molecule has 0 aromatic heterocycles. The first-order valence-electron chi connectivity index (χ1n) is 10.3. The van der Waals surface area contributed by atoms with Gasteiger partial charge in [0.05, 0.1) is 0 Å². The van der Waals surface area contributed by atoms with E-state index in [1.165, 1.54) is 44.9 Å². The molecule has 28 heavy (non-hydrogen) atoms. The third kappa shape index (κ3) is 12.2. The van der Waals surface area contributed by atoms with Crippen LogP contribution in [0.25, 0.3) is 0 Å². The zero-order valence-electron chi connectivity index (χ0n) is 16.8. The second-order valence-corrected chi connectivity index (χ2v) is 7.13. The van der Waals surface area contributed by atoms with Gasteiger partial charge < -0.3 is 30.0 Å². The van der Waals surface area contributed by atoms with Crippen LogP contribution >= 0.6 is 0 Å². The maximum Gasteiger partial charge on any atom is 0.345 e. The van der Waals surface area contributed by atoms with Gasteiger partial charge in [-0.25, -0.2) is 4.79 Å². The summed E-state index contributed by atoms with van der Waals surface area (Å²) in [6, 6.07) is 0. The smallest absolute Gasteiger partial charge is 0.345 e. The SMILES string of the molecule is CCCCCCCCCCCCCC(=O)OC(=O)[C@@H](O)[C@@H](O)[C@H](O)[C@@H](O)C=O. The summed E-state index contributed by atoms with van der Waals surface area (Å²) in [5.74, 6) is -2.27. The highest BCUT2D eigenvalue weighted by atomic mass is 16.6. The van der Waals surface area contributed by atoms with E-state index in [1.54, 1.807) is 0 Å². The monoisotopic (exact) mass is 404 g/mol. The van der Waals surface area contributed by atoms with Crippen LogP contribution in [0.15, 0.2) is 0 Å². The van der Waals surface area contributed by atoms with Crippen LogP contribution < -0.4 is 0 Å². The summed E-state index contributed by atoms with van der Waals surface area (Å²) < 4.78 is 4.42. The van der Waals surface area contributed by atoms with Crippen molar-refractivity contribution in [2.75, 3.05) is 0 Å². The number of unbranched alkanes of at least 4 members (excludes halogenated alkanes) is 10. The molecule has 0 radical (unpaired) electrons. The molecule has 4 N–H and O–H groups in total. The number of hydrogen-bond donors (Lipinski definition) is 4.